The Bertz CT molecular complexity index is 243. The second-order valence-corrected chi connectivity index (χ2v) is 3.02. The molecular formula is C11H16O3. The Morgan fingerprint density at radius 2 is 1.71 bits per heavy atom. The normalized spacial score (nSPS) is 10.4. The standard InChI is InChI=1S/C11H16O3/c1-13-6-7-14-9-11-4-2-10(8-12)3-5-11/h2-5,12H,6-9H2,1H3. The predicted octanol–water partition coefficient (Wildman–Crippen LogP) is 1.34. The lowest BCUT2D eigenvalue weighted by Gasteiger charge is -2.04. The van der Waals surface area contributed by atoms with E-state index in [0.29, 0.717) is 19.8 Å². The molecular weight excluding hydrogens is 180 g/mol. The summed E-state index contributed by atoms with van der Waals surface area (Å²) in [4.78, 5) is 0. The third-order valence-electron chi connectivity index (χ3n) is 1.91. The van der Waals surface area contributed by atoms with Crippen molar-refractivity contribution >= 4 is 0 Å². The number of ether oxygens (including phenoxy) is 2. The zero-order valence-corrected chi connectivity index (χ0v) is 8.40. The number of hydrogen-bond acceptors (Lipinski definition) is 3. The first kappa shape index (κ1) is 11.2. The number of benzene rings is 1. The van der Waals surface area contributed by atoms with Gasteiger partial charge >= 0.3 is 0 Å². The summed E-state index contributed by atoms with van der Waals surface area (Å²) in [5.74, 6) is 0. The zero-order chi connectivity index (χ0) is 10.2. The summed E-state index contributed by atoms with van der Waals surface area (Å²) >= 11 is 0. The minimum absolute atomic E-state index is 0.0881. The van der Waals surface area contributed by atoms with Crippen molar-refractivity contribution < 1.29 is 14.6 Å². The largest absolute Gasteiger partial charge is 0.392 e. The van der Waals surface area contributed by atoms with Crippen LogP contribution in [0.2, 0.25) is 0 Å². The molecule has 3 nitrogen and oxygen atoms in total. The first-order valence-corrected chi connectivity index (χ1v) is 4.62. The zero-order valence-electron chi connectivity index (χ0n) is 8.40. The number of aliphatic hydroxyl groups excluding tert-OH is 1. The van der Waals surface area contributed by atoms with E-state index < -0.39 is 0 Å². The van der Waals surface area contributed by atoms with Crippen molar-refractivity contribution in [2.45, 2.75) is 13.2 Å². The highest BCUT2D eigenvalue weighted by Crippen LogP contribution is 2.05. The minimum atomic E-state index is 0.0881. The Labute approximate surface area is 84.3 Å². The fourth-order valence-corrected chi connectivity index (χ4v) is 1.07. The van der Waals surface area contributed by atoms with Crippen LogP contribution in [0.5, 0.6) is 0 Å². The second kappa shape index (κ2) is 6.54. The molecule has 0 saturated heterocycles. The van der Waals surface area contributed by atoms with E-state index in [1.807, 2.05) is 24.3 Å². The van der Waals surface area contributed by atoms with E-state index in [0.717, 1.165) is 11.1 Å². The Morgan fingerprint density at radius 1 is 1.07 bits per heavy atom. The molecule has 0 aliphatic heterocycles. The molecule has 1 rings (SSSR count). The molecule has 78 valence electrons. The number of hydrogen-bond donors (Lipinski definition) is 1. The van der Waals surface area contributed by atoms with Crippen LogP contribution >= 0.6 is 0 Å². The average molecular weight is 196 g/mol. The van der Waals surface area contributed by atoms with Gasteiger partial charge in [0.05, 0.1) is 26.4 Å². The lowest BCUT2D eigenvalue weighted by Crippen LogP contribution is -2.01. The number of methoxy groups -OCH3 is 1. The average Bonchev–Trinajstić information content (AvgIpc) is 2.25. The molecule has 0 radical (unpaired) electrons. The minimum Gasteiger partial charge on any atom is -0.392 e. The van der Waals surface area contributed by atoms with E-state index >= 15 is 0 Å². The molecule has 0 aliphatic rings. The van der Waals surface area contributed by atoms with E-state index in [1.54, 1.807) is 7.11 Å². The van der Waals surface area contributed by atoms with Crippen LogP contribution in [0.4, 0.5) is 0 Å². The monoisotopic (exact) mass is 196 g/mol. The van der Waals surface area contributed by atoms with E-state index in [2.05, 4.69) is 0 Å². The summed E-state index contributed by atoms with van der Waals surface area (Å²) in [6.45, 7) is 1.91. The Hall–Kier alpha value is -0.900. The molecule has 0 unspecified atom stereocenters. The molecule has 1 aromatic rings. The molecule has 14 heavy (non-hydrogen) atoms. The highest BCUT2D eigenvalue weighted by molar-refractivity contribution is 5.21. The number of aliphatic hydroxyl groups is 1. The maximum Gasteiger partial charge on any atom is 0.0718 e. The van der Waals surface area contributed by atoms with E-state index in [-0.39, 0.29) is 6.61 Å². The molecule has 3 heteroatoms. The van der Waals surface area contributed by atoms with Crippen LogP contribution in [0.1, 0.15) is 11.1 Å². The van der Waals surface area contributed by atoms with Gasteiger partial charge in [0.1, 0.15) is 0 Å². The van der Waals surface area contributed by atoms with Gasteiger partial charge in [0, 0.05) is 7.11 Å². The third-order valence-corrected chi connectivity index (χ3v) is 1.91. The Morgan fingerprint density at radius 3 is 2.29 bits per heavy atom. The molecule has 0 heterocycles. The summed E-state index contributed by atoms with van der Waals surface area (Å²) < 4.78 is 10.2. The van der Waals surface area contributed by atoms with Crippen molar-refractivity contribution in [2.75, 3.05) is 20.3 Å². The van der Waals surface area contributed by atoms with Gasteiger partial charge in [-0.05, 0) is 11.1 Å². The van der Waals surface area contributed by atoms with Crippen LogP contribution in [0.3, 0.4) is 0 Å². The molecule has 0 aliphatic carbocycles. The smallest absolute Gasteiger partial charge is 0.0718 e. The molecule has 0 amide bonds. The predicted molar refractivity (Wildman–Crippen MR) is 53.9 cm³/mol. The van der Waals surface area contributed by atoms with Crippen LogP contribution in [0, 0.1) is 0 Å². The van der Waals surface area contributed by atoms with Gasteiger partial charge in [0.25, 0.3) is 0 Å². The van der Waals surface area contributed by atoms with Gasteiger partial charge in [0.15, 0.2) is 0 Å². The lowest BCUT2D eigenvalue weighted by atomic mass is 10.1. The Balaban J connectivity index is 2.29. The van der Waals surface area contributed by atoms with Crippen LogP contribution in [0.15, 0.2) is 24.3 Å². The molecule has 1 N–H and O–H groups in total. The van der Waals surface area contributed by atoms with E-state index in [1.165, 1.54) is 0 Å². The first-order valence-electron chi connectivity index (χ1n) is 4.62. The molecule has 0 spiro atoms. The SMILES string of the molecule is COCCOCc1ccc(CO)cc1. The molecule has 0 atom stereocenters. The third kappa shape index (κ3) is 3.87. The highest BCUT2D eigenvalue weighted by atomic mass is 16.5. The summed E-state index contributed by atoms with van der Waals surface area (Å²) in [7, 11) is 1.65. The van der Waals surface area contributed by atoms with Crippen molar-refractivity contribution in [1.82, 2.24) is 0 Å². The summed E-state index contributed by atoms with van der Waals surface area (Å²) in [5, 5.41) is 8.83. The second-order valence-electron chi connectivity index (χ2n) is 3.02. The van der Waals surface area contributed by atoms with Crippen molar-refractivity contribution in [3.05, 3.63) is 35.4 Å². The van der Waals surface area contributed by atoms with Gasteiger partial charge in [-0.15, -0.1) is 0 Å². The lowest BCUT2D eigenvalue weighted by molar-refractivity contribution is 0.0616. The van der Waals surface area contributed by atoms with Gasteiger partial charge < -0.3 is 14.6 Å². The summed E-state index contributed by atoms with van der Waals surface area (Å²) in [6.07, 6.45) is 0. The molecule has 0 saturated carbocycles. The van der Waals surface area contributed by atoms with Crippen molar-refractivity contribution in [1.29, 1.82) is 0 Å². The van der Waals surface area contributed by atoms with Gasteiger partial charge in [0.2, 0.25) is 0 Å². The van der Waals surface area contributed by atoms with E-state index in [4.69, 9.17) is 14.6 Å². The fraction of sp³-hybridized carbons (Fsp3) is 0.455. The summed E-state index contributed by atoms with van der Waals surface area (Å²) in [5.41, 5.74) is 2.03. The topological polar surface area (TPSA) is 38.7 Å². The van der Waals surface area contributed by atoms with Crippen LogP contribution in [-0.4, -0.2) is 25.4 Å². The Kier molecular flexibility index (Phi) is 5.22. The molecule has 0 bridgehead atoms. The molecule has 0 aromatic heterocycles. The summed E-state index contributed by atoms with van der Waals surface area (Å²) in [6, 6.07) is 7.71. The molecule has 1 aromatic carbocycles. The van der Waals surface area contributed by atoms with Crippen molar-refractivity contribution in [3.8, 4) is 0 Å². The van der Waals surface area contributed by atoms with Crippen LogP contribution < -0.4 is 0 Å². The molecule has 0 fully saturated rings. The van der Waals surface area contributed by atoms with Gasteiger partial charge in [-0.2, -0.15) is 0 Å². The number of rotatable bonds is 6. The van der Waals surface area contributed by atoms with Crippen molar-refractivity contribution in [3.63, 3.8) is 0 Å². The van der Waals surface area contributed by atoms with Gasteiger partial charge in [-0.3, -0.25) is 0 Å². The van der Waals surface area contributed by atoms with Crippen LogP contribution in [-0.2, 0) is 22.7 Å². The van der Waals surface area contributed by atoms with Gasteiger partial charge in [-0.1, -0.05) is 24.3 Å². The van der Waals surface area contributed by atoms with Crippen molar-refractivity contribution in [2.24, 2.45) is 0 Å². The quantitative estimate of drug-likeness (QED) is 0.698. The first-order chi connectivity index (χ1) is 6.86. The van der Waals surface area contributed by atoms with E-state index in [9.17, 15) is 0 Å². The van der Waals surface area contributed by atoms with Crippen LogP contribution in [0.25, 0.3) is 0 Å². The maximum absolute atomic E-state index is 8.83. The van der Waals surface area contributed by atoms with Gasteiger partial charge in [-0.25, -0.2) is 0 Å². The maximum atomic E-state index is 8.83. The fourth-order valence-electron chi connectivity index (χ4n) is 1.07. The highest BCUT2D eigenvalue weighted by Gasteiger charge is 1.94.